The summed E-state index contributed by atoms with van der Waals surface area (Å²) in [5.74, 6) is -0.0938. The van der Waals surface area contributed by atoms with Gasteiger partial charge in [0.25, 0.3) is 5.56 Å². The molecule has 10 heteroatoms. The van der Waals surface area contributed by atoms with Crippen LogP contribution in [0.25, 0.3) is 22.6 Å². The van der Waals surface area contributed by atoms with E-state index in [2.05, 4.69) is 30.2 Å². The first-order valence-corrected chi connectivity index (χ1v) is 8.94. The van der Waals surface area contributed by atoms with Crippen LogP contribution in [0.2, 0.25) is 5.02 Å². The molecule has 3 aromatic heterocycles. The lowest BCUT2D eigenvalue weighted by Crippen LogP contribution is -2.28. The van der Waals surface area contributed by atoms with Gasteiger partial charge in [-0.05, 0) is 18.6 Å². The Labute approximate surface area is 169 Å². The topological polar surface area (TPSA) is 116 Å². The Balaban J connectivity index is 1.61. The molecule has 4 rings (SSSR count). The van der Waals surface area contributed by atoms with E-state index >= 15 is 0 Å². The molecule has 0 aliphatic rings. The highest BCUT2D eigenvalue weighted by Crippen LogP contribution is 2.25. The lowest BCUT2D eigenvalue weighted by molar-refractivity contribution is -0.116. The van der Waals surface area contributed by atoms with Crippen molar-refractivity contribution in [3.05, 3.63) is 70.3 Å². The first-order chi connectivity index (χ1) is 14.0. The van der Waals surface area contributed by atoms with E-state index in [0.29, 0.717) is 22.2 Å². The van der Waals surface area contributed by atoms with Gasteiger partial charge in [0.1, 0.15) is 24.0 Å². The molecule has 0 fully saturated rings. The number of benzene rings is 1. The highest BCUT2D eigenvalue weighted by atomic mass is 35.5. The summed E-state index contributed by atoms with van der Waals surface area (Å²) in [5.41, 5.74) is 1.59. The van der Waals surface area contributed by atoms with Crippen LogP contribution >= 0.6 is 11.6 Å². The molecule has 1 aromatic carbocycles. The summed E-state index contributed by atoms with van der Waals surface area (Å²) in [5, 5.41) is 3.35. The van der Waals surface area contributed by atoms with Gasteiger partial charge in [-0.3, -0.25) is 19.1 Å². The molecule has 0 aliphatic carbocycles. The molecule has 9 nitrogen and oxygen atoms in total. The number of aryl methyl sites for hydroxylation is 1. The van der Waals surface area contributed by atoms with Crippen LogP contribution < -0.4 is 10.9 Å². The van der Waals surface area contributed by atoms with Gasteiger partial charge in [-0.25, -0.2) is 19.9 Å². The predicted octanol–water partition coefficient (Wildman–Crippen LogP) is 2.24. The number of nitrogens with one attached hydrogen (secondary N) is 1. The zero-order chi connectivity index (χ0) is 20.4. The van der Waals surface area contributed by atoms with Crippen molar-refractivity contribution in [3.63, 3.8) is 0 Å². The Morgan fingerprint density at radius 1 is 1.17 bits per heavy atom. The maximum absolute atomic E-state index is 12.7. The monoisotopic (exact) mass is 407 g/mol. The largest absolute Gasteiger partial charge is 0.323 e. The molecule has 0 saturated heterocycles. The second-order valence-corrected chi connectivity index (χ2v) is 6.59. The third-order valence-corrected chi connectivity index (χ3v) is 4.49. The lowest BCUT2D eigenvalue weighted by Gasteiger charge is -2.11. The van der Waals surface area contributed by atoms with Crippen LogP contribution in [0, 0.1) is 6.92 Å². The van der Waals surface area contributed by atoms with Crippen LogP contribution in [0.15, 0.2) is 54.1 Å². The Hall–Kier alpha value is -3.72. The van der Waals surface area contributed by atoms with Gasteiger partial charge in [0, 0.05) is 18.6 Å². The van der Waals surface area contributed by atoms with Crippen molar-refractivity contribution in [1.29, 1.82) is 0 Å². The number of hydrogen-bond acceptors (Lipinski definition) is 7. The van der Waals surface area contributed by atoms with Gasteiger partial charge in [0.15, 0.2) is 11.5 Å². The molecule has 0 radical (unpaired) electrons. The number of carbonyl (C=O) groups is 1. The maximum Gasteiger partial charge on any atom is 0.264 e. The quantitative estimate of drug-likeness (QED) is 0.551. The Morgan fingerprint density at radius 2 is 2.03 bits per heavy atom. The number of anilines is 1. The molecule has 0 aliphatic heterocycles. The number of carbonyl (C=O) groups excluding carboxylic acids is 1. The Bertz CT molecular complexity index is 1250. The molecule has 3 heterocycles. The van der Waals surface area contributed by atoms with Gasteiger partial charge in [-0.15, -0.1) is 0 Å². The van der Waals surface area contributed by atoms with Crippen LogP contribution in [0.3, 0.4) is 0 Å². The first kappa shape index (κ1) is 18.6. The van der Waals surface area contributed by atoms with E-state index in [0.717, 1.165) is 5.56 Å². The second-order valence-electron chi connectivity index (χ2n) is 6.18. The number of fused-ring (bicyclic) bond motifs is 1. The Kier molecular flexibility index (Phi) is 4.96. The minimum Gasteiger partial charge on any atom is -0.323 e. The molecular formula is C19H14ClN7O2. The number of para-hydroxylation sites is 1. The molecular weight excluding hydrogens is 394 g/mol. The van der Waals surface area contributed by atoms with Gasteiger partial charge in [-0.1, -0.05) is 23.7 Å². The van der Waals surface area contributed by atoms with Crippen molar-refractivity contribution in [2.45, 2.75) is 13.5 Å². The van der Waals surface area contributed by atoms with Crippen LogP contribution in [0.1, 0.15) is 5.56 Å². The number of hydrogen-bond donors (Lipinski definition) is 1. The highest BCUT2D eigenvalue weighted by Gasteiger charge is 2.13. The number of nitrogens with zero attached hydrogens (tertiary/aromatic N) is 6. The highest BCUT2D eigenvalue weighted by molar-refractivity contribution is 6.33. The fourth-order valence-corrected chi connectivity index (χ4v) is 3.00. The van der Waals surface area contributed by atoms with Crippen molar-refractivity contribution >= 4 is 34.2 Å². The lowest BCUT2D eigenvalue weighted by atomic mass is 10.2. The van der Waals surface area contributed by atoms with Gasteiger partial charge >= 0.3 is 0 Å². The zero-order valence-electron chi connectivity index (χ0n) is 15.2. The van der Waals surface area contributed by atoms with E-state index in [9.17, 15) is 9.59 Å². The second kappa shape index (κ2) is 7.72. The number of aromatic nitrogens is 6. The third-order valence-electron chi connectivity index (χ3n) is 4.17. The van der Waals surface area contributed by atoms with Crippen LogP contribution in [0.4, 0.5) is 5.69 Å². The summed E-state index contributed by atoms with van der Waals surface area (Å²) >= 11 is 6.13. The summed E-state index contributed by atoms with van der Waals surface area (Å²) < 4.78 is 1.19. The molecule has 29 heavy (non-hydrogen) atoms. The first-order valence-electron chi connectivity index (χ1n) is 8.56. The third kappa shape index (κ3) is 3.81. The van der Waals surface area contributed by atoms with Crippen molar-refractivity contribution < 1.29 is 4.79 Å². The normalized spacial score (nSPS) is 10.8. The van der Waals surface area contributed by atoms with E-state index in [-0.39, 0.29) is 17.6 Å². The minimum absolute atomic E-state index is 0.196. The van der Waals surface area contributed by atoms with Crippen molar-refractivity contribution in [3.8, 4) is 11.5 Å². The summed E-state index contributed by atoms with van der Waals surface area (Å²) in [6, 6.07) is 5.30. The minimum atomic E-state index is -0.424. The van der Waals surface area contributed by atoms with Gasteiger partial charge < -0.3 is 5.32 Å². The average Bonchev–Trinajstić information content (AvgIpc) is 2.73. The summed E-state index contributed by atoms with van der Waals surface area (Å²) in [4.78, 5) is 45.8. The van der Waals surface area contributed by atoms with E-state index in [1.54, 1.807) is 12.1 Å². The molecule has 1 amide bonds. The van der Waals surface area contributed by atoms with Crippen LogP contribution in [-0.2, 0) is 11.3 Å². The molecule has 1 N–H and O–H groups in total. The standard InChI is InChI=1S/C19H14ClN7O2/c1-11-3-2-4-13(20)16(11)25-15(28)9-27-10-24-17-12(19(27)29)7-23-18(26-17)14-8-21-5-6-22-14/h2-8,10H,9H2,1H3,(H,25,28). The van der Waals surface area contributed by atoms with Gasteiger partial charge in [0.2, 0.25) is 5.91 Å². The number of rotatable bonds is 4. The molecule has 0 bridgehead atoms. The van der Waals surface area contributed by atoms with Crippen LogP contribution in [0.5, 0.6) is 0 Å². The summed E-state index contributed by atoms with van der Waals surface area (Å²) in [6.07, 6.45) is 7.22. The summed E-state index contributed by atoms with van der Waals surface area (Å²) in [6.45, 7) is 1.61. The fraction of sp³-hybridized carbons (Fsp3) is 0.105. The maximum atomic E-state index is 12.7. The molecule has 0 unspecified atom stereocenters. The SMILES string of the molecule is Cc1cccc(Cl)c1NC(=O)Cn1cnc2nc(-c3cnccn3)ncc2c1=O. The Morgan fingerprint density at radius 3 is 2.79 bits per heavy atom. The molecule has 0 atom stereocenters. The van der Waals surface area contributed by atoms with E-state index in [4.69, 9.17) is 11.6 Å². The number of amides is 1. The number of halogens is 1. The van der Waals surface area contributed by atoms with Gasteiger partial charge in [-0.2, -0.15) is 0 Å². The average molecular weight is 408 g/mol. The van der Waals surface area contributed by atoms with Gasteiger partial charge in [0.05, 0.1) is 16.9 Å². The van der Waals surface area contributed by atoms with Crippen molar-refractivity contribution in [2.24, 2.45) is 0 Å². The van der Waals surface area contributed by atoms with E-state index in [1.807, 2.05) is 13.0 Å². The van der Waals surface area contributed by atoms with Crippen molar-refractivity contribution in [2.75, 3.05) is 5.32 Å². The predicted molar refractivity (Wildman–Crippen MR) is 107 cm³/mol. The molecule has 0 saturated carbocycles. The fourth-order valence-electron chi connectivity index (χ4n) is 2.73. The smallest absolute Gasteiger partial charge is 0.264 e. The summed E-state index contributed by atoms with van der Waals surface area (Å²) in [7, 11) is 0. The van der Waals surface area contributed by atoms with Crippen molar-refractivity contribution in [1.82, 2.24) is 29.5 Å². The zero-order valence-corrected chi connectivity index (χ0v) is 16.0. The van der Waals surface area contributed by atoms with Crippen LogP contribution in [-0.4, -0.2) is 35.4 Å². The van der Waals surface area contributed by atoms with E-state index in [1.165, 1.54) is 35.7 Å². The van der Waals surface area contributed by atoms with E-state index < -0.39 is 11.5 Å². The molecule has 4 aromatic rings. The molecule has 0 spiro atoms. The molecule has 144 valence electrons.